The fourth-order valence-corrected chi connectivity index (χ4v) is 2.79. The van der Waals surface area contributed by atoms with Crippen LogP contribution in [0.15, 0.2) is 0 Å². The summed E-state index contributed by atoms with van der Waals surface area (Å²) in [4.78, 5) is 24.9. The molecular weight excluding hydrogens is 230 g/mol. The number of carbonyl (C=O) groups is 2. The summed E-state index contributed by atoms with van der Waals surface area (Å²) in [5, 5.41) is 9.14. The fraction of sp³-hybridized carbons (Fsp3) is 0.857. The number of carbonyl (C=O) groups excluding carboxylic acids is 1. The second kappa shape index (κ2) is 6.76. The molecule has 2 atom stereocenters. The first-order valence-corrected chi connectivity index (χ1v) is 6.94. The largest absolute Gasteiger partial charge is 0.480 e. The molecule has 1 heterocycles. The van der Waals surface area contributed by atoms with Crippen molar-refractivity contribution in [3.63, 3.8) is 0 Å². The van der Waals surface area contributed by atoms with Crippen molar-refractivity contribution in [2.45, 2.75) is 58.9 Å². The highest BCUT2D eigenvalue weighted by molar-refractivity contribution is 5.84. The molecule has 0 spiro atoms. The number of carboxylic acid groups (broad SMARTS) is 1. The zero-order valence-corrected chi connectivity index (χ0v) is 11.7. The Balaban J connectivity index is 2.55. The number of nitrogens with zero attached hydrogens (tertiary/aromatic N) is 1. The number of likely N-dealkylation sites (tertiary alicyclic amines) is 1. The van der Waals surface area contributed by atoms with Crippen molar-refractivity contribution in [2.75, 3.05) is 6.54 Å². The number of hydrogen-bond donors (Lipinski definition) is 1. The third-order valence-electron chi connectivity index (χ3n) is 3.51. The normalized spacial score (nSPS) is 22.0. The summed E-state index contributed by atoms with van der Waals surface area (Å²) in [5.41, 5.74) is 0. The second-order valence-electron chi connectivity index (χ2n) is 5.88. The van der Waals surface area contributed by atoms with Gasteiger partial charge in [0, 0.05) is 13.0 Å². The van der Waals surface area contributed by atoms with Gasteiger partial charge in [0.2, 0.25) is 5.91 Å². The van der Waals surface area contributed by atoms with Gasteiger partial charge in [-0.3, -0.25) is 4.79 Å². The average molecular weight is 255 g/mol. The maximum atomic E-state index is 12.2. The number of piperidine rings is 1. The molecule has 1 aliphatic heterocycles. The van der Waals surface area contributed by atoms with E-state index in [1.807, 2.05) is 0 Å². The van der Waals surface area contributed by atoms with E-state index < -0.39 is 12.0 Å². The predicted octanol–water partition coefficient (Wildman–Crippen LogP) is 2.52. The molecule has 2 unspecified atom stereocenters. The first kappa shape index (κ1) is 15.0. The van der Waals surface area contributed by atoms with Crippen LogP contribution in [0.5, 0.6) is 0 Å². The van der Waals surface area contributed by atoms with Gasteiger partial charge in [0.25, 0.3) is 0 Å². The molecule has 1 amide bonds. The van der Waals surface area contributed by atoms with Gasteiger partial charge in [-0.1, -0.05) is 20.8 Å². The van der Waals surface area contributed by atoms with Crippen LogP contribution in [0.4, 0.5) is 0 Å². The Morgan fingerprint density at radius 1 is 1.28 bits per heavy atom. The molecule has 0 aromatic heterocycles. The van der Waals surface area contributed by atoms with E-state index >= 15 is 0 Å². The van der Waals surface area contributed by atoms with Gasteiger partial charge in [-0.05, 0) is 37.5 Å². The lowest BCUT2D eigenvalue weighted by atomic mass is 9.94. The molecule has 1 N–H and O–H groups in total. The number of carboxylic acids is 1. The van der Waals surface area contributed by atoms with E-state index in [4.69, 9.17) is 5.11 Å². The highest BCUT2D eigenvalue weighted by atomic mass is 16.4. The van der Waals surface area contributed by atoms with Crippen LogP contribution in [0.2, 0.25) is 0 Å². The Bertz CT molecular complexity index is 301. The quantitative estimate of drug-likeness (QED) is 0.821. The summed E-state index contributed by atoms with van der Waals surface area (Å²) in [6.45, 7) is 6.95. The van der Waals surface area contributed by atoms with Gasteiger partial charge in [-0.2, -0.15) is 0 Å². The molecular formula is C14H25NO3. The molecule has 4 heteroatoms. The first-order chi connectivity index (χ1) is 8.41. The minimum Gasteiger partial charge on any atom is -0.480 e. The Morgan fingerprint density at radius 3 is 2.50 bits per heavy atom. The van der Waals surface area contributed by atoms with Gasteiger partial charge >= 0.3 is 5.97 Å². The molecule has 1 saturated heterocycles. The van der Waals surface area contributed by atoms with Crippen LogP contribution in [-0.2, 0) is 9.59 Å². The van der Waals surface area contributed by atoms with Crippen LogP contribution in [0.1, 0.15) is 52.9 Å². The van der Waals surface area contributed by atoms with Crippen LogP contribution < -0.4 is 0 Å². The van der Waals surface area contributed by atoms with Crippen molar-refractivity contribution >= 4 is 11.9 Å². The molecule has 1 aliphatic rings. The van der Waals surface area contributed by atoms with E-state index in [1.54, 1.807) is 4.90 Å². The summed E-state index contributed by atoms with van der Waals surface area (Å²) in [6.07, 6.45) is 3.91. The van der Waals surface area contributed by atoms with Crippen LogP contribution in [0.25, 0.3) is 0 Å². The summed E-state index contributed by atoms with van der Waals surface area (Å²) in [5.74, 6) is 0.0492. The van der Waals surface area contributed by atoms with Crippen molar-refractivity contribution in [1.82, 2.24) is 4.90 Å². The van der Waals surface area contributed by atoms with E-state index in [2.05, 4.69) is 20.8 Å². The number of hydrogen-bond acceptors (Lipinski definition) is 2. The van der Waals surface area contributed by atoms with Crippen molar-refractivity contribution in [1.29, 1.82) is 0 Å². The predicted molar refractivity (Wildman–Crippen MR) is 70.2 cm³/mol. The van der Waals surface area contributed by atoms with Gasteiger partial charge in [-0.15, -0.1) is 0 Å². The van der Waals surface area contributed by atoms with Gasteiger partial charge in [0.05, 0.1) is 0 Å². The van der Waals surface area contributed by atoms with Crippen LogP contribution in [0.3, 0.4) is 0 Å². The molecule has 0 aromatic carbocycles. The molecule has 1 rings (SSSR count). The molecule has 0 saturated carbocycles. The molecule has 0 radical (unpaired) electrons. The van der Waals surface area contributed by atoms with Crippen LogP contribution in [-0.4, -0.2) is 34.5 Å². The molecule has 18 heavy (non-hydrogen) atoms. The van der Waals surface area contributed by atoms with E-state index in [-0.39, 0.29) is 5.91 Å². The van der Waals surface area contributed by atoms with Gasteiger partial charge < -0.3 is 10.0 Å². The van der Waals surface area contributed by atoms with Crippen molar-refractivity contribution < 1.29 is 14.7 Å². The zero-order valence-electron chi connectivity index (χ0n) is 11.7. The molecule has 0 aliphatic carbocycles. The molecule has 4 nitrogen and oxygen atoms in total. The van der Waals surface area contributed by atoms with Gasteiger partial charge in [0.1, 0.15) is 6.04 Å². The Labute approximate surface area is 109 Å². The van der Waals surface area contributed by atoms with E-state index in [9.17, 15) is 9.59 Å². The lowest BCUT2D eigenvalue weighted by Gasteiger charge is -2.33. The van der Waals surface area contributed by atoms with Gasteiger partial charge in [-0.25, -0.2) is 4.79 Å². The van der Waals surface area contributed by atoms with E-state index in [0.29, 0.717) is 31.2 Å². The lowest BCUT2D eigenvalue weighted by molar-refractivity contribution is -0.152. The highest BCUT2D eigenvalue weighted by Crippen LogP contribution is 2.21. The summed E-state index contributed by atoms with van der Waals surface area (Å²) < 4.78 is 0. The van der Waals surface area contributed by atoms with Crippen molar-refractivity contribution in [3.8, 4) is 0 Å². The van der Waals surface area contributed by atoms with Crippen molar-refractivity contribution in [2.24, 2.45) is 11.8 Å². The monoisotopic (exact) mass is 255 g/mol. The lowest BCUT2D eigenvalue weighted by Crippen LogP contribution is -2.48. The fourth-order valence-electron chi connectivity index (χ4n) is 2.79. The van der Waals surface area contributed by atoms with Crippen LogP contribution in [0, 0.1) is 11.8 Å². The van der Waals surface area contributed by atoms with E-state index in [1.165, 1.54) is 0 Å². The Kier molecular flexibility index (Phi) is 5.63. The second-order valence-corrected chi connectivity index (χ2v) is 5.88. The number of amides is 1. The zero-order chi connectivity index (χ0) is 13.7. The summed E-state index contributed by atoms with van der Waals surface area (Å²) in [6, 6.07) is -0.600. The average Bonchev–Trinajstić information content (AvgIpc) is 2.27. The Hall–Kier alpha value is -1.06. The Morgan fingerprint density at radius 2 is 1.94 bits per heavy atom. The smallest absolute Gasteiger partial charge is 0.326 e. The van der Waals surface area contributed by atoms with Crippen molar-refractivity contribution in [3.05, 3.63) is 0 Å². The maximum Gasteiger partial charge on any atom is 0.326 e. The van der Waals surface area contributed by atoms with Gasteiger partial charge in [0.15, 0.2) is 0 Å². The standard InChI is InChI=1S/C14H25NO3/c1-10(2)8-11(3)9-13(16)15-7-5-4-6-12(15)14(17)18/h10-12H,4-9H2,1-3H3,(H,17,18). The third kappa shape index (κ3) is 4.31. The number of rotatable bonds is 5. The van der Waals surface area contributed by atoms with Crippen LogP contribution >= 0.6 is 0 Å². The SMILES string of the molecule is CC(C)CC(C)CC(=O)N1CCCCC1C(=O)O. The molecule has 1 fully saturated rings. The first-order valence-electron chi connectivity index (χ1n) is 6.94. The summed E-state index contributed by atoms with van der Waals surface area (Å²) in [7, 11) is 0. The molecule has 0 aromatic rings. The summed E-state index contributed by atoms with van der Waals surface area (Å²) >= 11 is 0. The third-order valence-corrected chi connectivity index (χ3v) is 3.51. The minimum absolute atomic E-state index is 0.00949. The molecule has 104 valence electrons. The highest BCUT2D eigenvalue weighted by Gasteiger charge is 2.32. The topological polar surface area (TPSA) is 57.6 Å². The maximum absolute atomic E-state index is 12.2. The van der Waals surface area contributed by atoms with E-state index in [0.717, 1.165) is 19.3 Å². The minimum atomic E-state index is -0.862. The molecule has 0 bridgehead atoms. The number of aliphatic carboxylic acids is 1.